The monoisotopic (exact) mass is 345 g/mol. The first-order valence-corrected chi connectivity index (χ1v) is 9.57. The zero-order chi connectivity index (χ0) is 17.6. The van der Waals surface area contributed by atoms with Crippen molar-refractivity contribution in [2.45, 2.75) is 64.4 Å². The van der Waals surface area contributed by atoms with Crippen molar-refractivity contribution in [3.8, 4) is 0 Å². The summed E-state index contributed by atoms with van der Waals surface area (Å²) in [6, 6.07) is 8.40. The van der Waals surface area contributed by atoms with Gasteiger partial charge in [0.15, 0.2) is 0 Å². The number of nitrogens with one attached hydrogen (secondary N) is 2. The third kappa shape index (κ3) is 5.27. The number of benzene rings is 1. The molecule has 3 atom stereocenters. The molecule has 2 fully saturated rings. The molecule has 3 rings (SSSR count). The van der Waals surface area contributed by atoms with Gasteiger partial charge in [-0.25, -0.2) is 0 Å². The van der Waals surface area contributed by atoms with Crippen LogP contribution in [0.1, 0.15) is 44.2 Å². The minimum atomic E-state index is -0.0261. The van der Waals surface area contributed by atoms with Crippen molar-refractivity contribution in [1.82, 2.24) is 15.5 Å². The lowest BCUT2D eigenvalue weighted by Gasteiger charge is -2.35. The molecule has 0 aliphatic carbocycles. The largest absolute Gasteiger partial charge is 0.373 e. The van der Waals surface area contributed by atoms with Crippen molar-refractivity contribution in [3.63, 3.8) is 0 Å². The van der Waals surface area contributed by atoms with E-state index in [0.29, 0.717) is 6.54 Å². The van der Waals surface area contributed by atoms with E-state index < -0.39 is 0 Å². The van der Waals surface area contributed by atoms with Gasteiger partial charge in [-0.2, -0.15) is 0 Å². The Bertz CT molecular complexity index is 562. The lowest BCUT2D eigenvalue weighted by molar-refractivity contribution is -0.123. The van der Waals surface area contributed by atoms with Crippen LogP contribution in [0.25, 0.3) is 0 Å². The number of piperidine rings is 1. The minimum Gasteiger partial charge on any atom is -0.373 e. The molecule has 1 aromatic carbocycles. The van der Waals surface area contributed by atoms with E-state index in [2.05, 4.69) is 53.6 Å². The van der Waals surface area contributed by atoms with Gasteiger partial charge in [-0.15, -0.1) is 0 Å². The molecule has 0 spiro atoms. The summed E-state index contributed by atoms with van der Waals surface area (Å²) in [5, 5.41) is 6.43. The maximum atomic E-state index is 12.4. The Morgan fingerprint density at radius 3 is 2.60 bits per heavy atom. The Morgan fingerprint density at radius 1 is 1.20 bits per heavy atom. The third-order valence-electron chi connectivity index (χ3n) is 5.09. The number of amides is 1. The summed E-state index contributed by atoms with van der Waals surface area (Å²) < 4.78 is 5.82. The smallest absolute Gasteiger partial charge is 0.237 e. The maximum absolute atomic E-state index is 12.4. The van der Waals surface area contributed by atoms with Gasteiger partial charge in [0.2, 0.25) is 5.91 Å². The molecule has 2 heterocycles. The van der Waals surface area contributed by atoms with E-state index in [1.54, 1.807) is 0 Å². The van der Waals surface area contributed by atoms with Crippen LogP contribution in [0.2, 0.25) is 0 Å². The highest BCUT2D eigenvalue weighted by Gasteiger charge is 2.23. The number of ether oxygens (including phenoxy) is 1. The standard InChI is InChI=1S/C20H31N3O2/c1-15-12-23(13-16(2)25-15)14-18-8-4-3-7-17(18)11-22-20(24)19-9-5-6-10-21-19/h3-4,7-8,15-16,19,21H,5-6,9-14H2,1-2H3,(H,22,24)/t15-,16-,19+/m0/s1. The Balaban J connectivity index is 1.57. The summed E-state index contributed by atoms with van der Waals surface area (Å²) in [5.74, 6) is 0.128. The van der Waals surface area contributed by atoms with Gasteiger partial charge in [0.05, 0.1) is 18.2 Å². The van der Waals surface area contributed by atoms with Crippen LogP contribution in [0.5, 0.6) is 0 Å². The van der Waals surface area contributed by atoms with Gasteiger partial charge in [0.1, 0.15) is 0 Å². The molecular formula is C20H31N3O2. The van der Waals surface area contributed by atoms with Crippen LogP contribution in [-0.2, 0) is 22.6 Å². The van der Waals surface area contributed by atoms with Crippen LogP contribution in [0.3, 0.4) is 0 Å². The molecule has 1 amide bonds. The molecule has 0 aromatic heterocycles. The van der Waals surface area contributed by atoms with Gasteiger partial charge in [0.25, 0.3) is 0 Å². The van der Waals surface area contributed by atoms with Crippen molar-refractivity contribution in [1.29, 1.82) is 0 Å². The Labute approximate surface area is 151 Å². The van der Waals surface area contributed by atoms with Gasteiger partial charge < -0.3 is 15.4 Å². The minimum absolute atomic E-state index is 0.0261. The summed E-state index contributed by atoms with van der Waals surface area (Å²) >= 11 is 0. The highest BCUT2D eigenvalue weighted by molar-refractivity contribution is 5.81. The fourth-order valence-electron chi connectivity index (χ4n) is 3.92. The topological polar surface area (TPSA) is 53.6 Å². The quantitative estimate of drug-likeness (QED) is 0.858. The second-order valence-corrected chi connectivity index (χ2v) is 7.44. The first-order chi connectivity index (χ1) is 12.1. The van der Waals surface area contributed by atoms with E-state index in [-0.39, 0.29) is 24.2 Å². The van der Waals surface area contributed by atoms with Crippen LogP contribution in [0.15, 0.2) is 24.3 Å². The predicted octanol–water partition coefficient (Wildman–Crippen LogP) is 2.05. The number of carbonyl (C=O) groups excluding carboxylic acids is 1. The van der Waals surface area contributed by atoms with Gasteiger partial charge in [-0.1, -0.05) is 30.7 Å². The molecule has 2 saturated heterocycles. The number of carbonyl (C=O) groups is 1. The number of hydrogen-bond donors (Lipinski definition) is 2. The first kappa shape index (κ1) is 18.4. The molecule has 0 saturated carbocycles. The highest BCUT2D eigenvalue weighted by Crippen LogP contribution is 2.17. The fraction of sp³-hybridized carbons (Fsp3) is 0.650. The van der Waals surface area contributed by atoms with Crippen molar-refractivity contribution in [3.05, 3.63) is 35.4 Å². The zero-order valence-corrected chi connectivity index (χ0v) is 15.5. The molecule has 2 aliphatic rings. The molecule has 0 bridgehead atoms. The SMILES string of the molecule is C[C@H]1CN(Cc2ccccc2CNC(=O)[C@H]2CCCCN2)C[C@H](C)O1. The Hall–Kier alpha value is -1.43. The van der Waals surface area contributed by atoms with Gasteiger partial charge in [-0.3, -0.25) is 9.69 Å². The molecule has 1 aromatic rings. The normalized spacial score (nSPS) is 27.8. The molecule has 138 valence electrons. The second-order valence-electron chi connectivity index (χ2n) is 7.44. The molecule has 5 nitrogen and oxygen atoms in total. The van der Waals surface area contributed by atoms with Crippen molar-refractivity contribution in [2.24, 2.45) is 0 Å². The van der Waals surface area contributed by atoms with E-state index in [1.165, 1.54) is 17.5 Å². The van der Waals surface area contributed by atoms with Crippen LogP contribution in [0, 0.1) is 0 Å². The molecule has 25 heavy (non-hydrogen) atoms. The predicted molar refractivity (Wildman–Crippen MR) is 99.2 cm³/mol. The molecule has 2 N–H and O–H groups in total. The maximum Gasteiger partial charge on any atom is 0.237 e. The summed E-state index contributed by atoms with van der Waals surface area (Å²) in [6.45, 7) is 8.63. The van der Waals surface area contributed by atoms with Crippen LogP contribution in [-0.4, -0.2) is 48.7 Å². The summed E-state index contributed by atoms with van der Waals surface area (Å²) in [6.07, 6.45) is 3.79. The van der Waals surface area contributed by atoms with Gasteiger partial charge in [-0.05, 0) is 44.4 Å². The van der Waals surface area contributed by atoms with E-state index >= 15 is 0 Å². The lowest BCUT2D eigenvalue weighted by Crippen LogP contribution is -2.46. The van der Waals surface area contributed by atoms with Crippen molar-refractivity contribution >= 4 is 5.91 Å². The number of hydrogen-bond acceptors (Lipinski definition) is 4. The summed E-state index contributed by atoms with van der Waals surface area (Å²) in [7, 11) is 0. The summed E-state index contributed by atoms with van der Waals surface area (Å²) in [5.41, 5.74) is 2.50. The molecule has 0 unspecified atom stereocenters. The zero-order valence-electron chi connectivity index (χ0n) is 15.5. The van der Waals surface area contributed by atoms with E-state index in [4.69, 9.17) is 4.74 Å². The van der Waals surface area contributed by atoms with E-state index in [9.17, 15) is 4.79 Å². The van der Waals surface area contributed by atoms with E-state index in [1.807, 2.05) is 0 Å². The third-order valence-corrected chi connectivity index (χ3v) is 5.09. The number of nitrogens with zero attached hydrogens (tertiary/aromatic N) is 1. The Kier molecular flexibility index (Phi) is 6.45. The highest BCUT2D eigenvalue weighted by atomic mass is 16.5. The van der Waals surface area contributed by atoms with Crippen LogP contribution < -0.4 is 10.6 Å². The van der Waals surface area contributed by atoms with E-state index in [0.717, 1.165) is 39.0 Å². The second kappa shape index (κ2) is 8.79. The molecular weight excluding hydrogens is 314 g/mol. The van der Waals surface area contributed by atoms with Gasteiger partial charge >= 0.3 is 0 Å². The summed E-state index contributed by atoms with van der Waals surface area (Å²) in [4.78, 5) is 14.8. The molecule has 5 heteroatoms. The van der Waals surface area contributed by atoms with Crippen LogP contribution >= 0.6 is 0 Å². The average Bonchev–Trinajstić information content (AvgIpc) is 2.60. The van der Waals surface area contributed by atoms with Crippen molar-refractivity contribution < 1.29 is 9.53 Å². The van der Waals surface area contributed by atoms with Crippen LogP contribution in [0.4, 0.5) is 0 Å². The molecule has 0 radical (unpaired) electrons. The molecule has 2 aliphatic heterocycles. The number of rotatable bonds is 5. The number of morpholine rings is 1. The first-order valence-electron chi connectivity index (χ1n) is 9.57. The average molecular weight is 345 g/mol. The fourth-order valence-corrected chi connectivity index (χ4v) is 3.92. The van der Waals surface area contributed by atoms with Crippen molar-refractivity contribution in [2.75, 3.05) is 19.6 Å². The Morgan fingerprint density at radius 2 is 1.92 bits per heavy atom. The lowest BCUT2D eigenvalue weighted by atomic mass is 10.0. The van der Waals surface area contributed by atoms with Gasteiger partial charge in [0, 0.05) is 26.2 Å².